The van der Waals surface area contributed by atoms with Gasteiger partial charge in [-0.1, -0.05) is 19.8 Å². The van der Waals surface area contributed by atoms with Crippen LogP contribution in [0, 0.1) is 0 Å². The minimum Gasteiger partial charge on any atom is -0.323 e. The number of unbranched alkanes of at least 4 members (excludes halogenated alkanes) is 1. The molecule has 0 aliphatic heterocycles. The molecule has 2 N–H and O–H groups in total. The second-order valence-corrected chi connectivity index (χ2v) is 5.76. The molecule has 0 saturated carbocycles. The molecule has 22 heavy (non-hydrogen) atoms. The van der Waals surface area contributed by atoms with E-state index < -0.39 is 39.8 Å². The van der Waals surface area contributed by atoms with Crippen LogP contribution in [0.4, 0.5) is 30.7 Å². The number of halogens is 7. The van der Waals surface area contributed by atoms with Gasteiger partial charge in [-0.3, -0.25) is 4.55 Å². The molecule has 4 nitrogen and oxygen atoms in total. The Balaban J connectivity index is 0. The lowest BCUT2D eigenvalue weighted by atomic mass is 10.0. The van der Waals surface area contributed by atoms with Gasteiger partial charge in [0.15, 0.2) is 6.17 Å². The quantitative estimate of drug-likeness (QED) is 0.538. The fraction of sp³-hybridized carbons (Fsp3) is 1.00. The van der Waals surface area contributed by atoms with E-state index in [-0.39, 0.29) is 12.8 Å². The summed E-state index contributed by atoms with van der Waals surface area (Å²) >= 11 is 0. The Morgan fingerprint density at radius 1 is 1.09 bits per heavy atom. The van der Waals surface area contributed by atoms with Crippen molar-refractivity contribution in [3.8, 4) is 0 Å². The third kappa shape index (κ3) is 4.95. The van der Waals surface area contributed by atoms with Crippen LogP contribution in [0.1, 0.15) is 26.2 Å². The molecule has 0 radical (unpaired) electrons. The van der Waals surface area contributed by atoms with Crippen LogP contribution in [0.15, 0.2) is 0 Å². The highest BCUT2D eigenvalue weighted by molar-refractivity contribution is 7.87. The Bertz CT molecular complexity index is 428. The maximum atomic E-state index is 13.0. The Hall–Kier alpha value is -0.620. The van der Waals surface area contributed by atoms with Crippen molar-refractivity contribution in [2.24, 2.45) is 0 Å². The van der Waals surface area contributed by atoms with E-state index >= 15 is 0 Å². The van der Waals surface area contributed by atoms with Gasteiger partial charge in [0.25, 0.3) is 0 Å². The highest BCUT2D eigenvalue weighted by atomic mass is 32.2. The summed E-state index contributed by atoms with van der Waals surface area (Å²) in [7, 11) is -3.08. The molecule has 0 bridgehead atoms. The minimum atomic E-state index is -6.83. The average molecular weight is 365 g/mol. The zero-order valence-corrected chi connectivity index (χ0v) is 12.8. The summed E-state index contributed by atoms with van der Waals surface area (Å²) in [5, 5.41) is -3.75. The fourth-order valence-electron chi connectivity index (χ4n) is 1.12. The largest absolute Gasteiger partial charge is 0.438 e. The van der Waals surface area contributed by atoms with Gasteiger partial charge in [0.1, 0.15) is 0 Å². The Morgan fingerprint density at radius 3 is 1.73 bits per heavy atom. The molecule has 0 aromatic rings. The summed E-state index contributed by atoms with van der Waals surface area (Å²) in [6.45, 7) is 1.41. The number of nitrogens with one attached hydrogen (secondary N) is 1. The molecule has 0 amide bonds. The molecule has 0 fully saturated rings. The molecule has 0 aromatic heterocycles. The van der Waals surface area contributed by atoms with Crippen LogP contribution in [-0.2, 0) is 10.1 Å². The number of rotatable bonds is 7. The van der Waals surface area contributed by atoms with Gasteiger partial charge in [-0.15, -0.1) is 0 Å². The van der Waals surface area contributed by atoms with Crippen LogP contribution >= 0.6 is 0 Å². The van der Waals surface area contributed by atoms with Gasteiger partial charge in [0, 0.05) is 0 Å². The van der Waals surface area contributed by atoms with Crippen LogP contribution in [-0.4, -0.2) is 50.3 Å². The second kappa shape index (κ2) is 8.29. The highest BCUT2D eigenvalue weighted by Gasteiger charge is 2.79. The van der Waals surface area contributed by atoms with Crippen molar-refractivity contribution in [3.05, 3.63) is 0 Å². The smallest absolute Gasteiger partial charge is 0.323 e. The lowest BCUT2D eigenvalue weighted by Crippen LogP contribution is -2.61. The SMILES string of the molecule is CCCCC(F)C(F)(F)C(F)(F)C(F)(F)S(=O)(=O)O.CNC. The number of hydrogen-bond donors (Lipinski definition) is 2. The lowest BCUT2D eigenvalue weighted by molar-refractivity contribution is -0.300. The van der Waals surface area contributed by atoms with Gasteiger partial charge < -0.3 is 5.32 Å². The van der Waals surface area contributed by atoms with Crippen molar-refractivity contribution >= 4 is 10.1 Å². The molecular formula is C10H18F7NO3S. The maximum absolute atomic E-state index is 13.0. The minimum absolute atomic E-state index is 0.136. The first-order valence-electron chi connectivity index (χ1n) is 5.98. The third-order valence-electron chi connectivity index (χ3n) is 2.31. The zero-order valence-electron chi connectivity index (χ0n) is 12.0. The predicted molar refractivity (Wildman–Crippen MR) is 65.8 cm³/mol. The van der Waals surface area contributed by atoms with Gasteiger partial charge in [-0.2, -0.15) is 34.8 Å². The summed E-state index contributed by atoms with van der Waals surface area (Å²) in [5.74, 6) is -12.5. The van der Waals surface area contributed by atoms with Crippen molar-refractivity contribution in [2.45, 2.75) is 49.5 Å². The summed E-state index contributed by atoms with van der Waals surface area (Å²) in [6, 6.07) is 0. The monoisotopic (exact) mass is 365 g/mol. The molecular weight excluding hydrogens is 347 g/mol. The molecule has 1 unspecified atom stereocenters. The van der Waals surface area contributed by atoms with Gasteiger partial charge in [0.2, 0.25) is 0 Å². The van der Waals surface area contributed by atoms with Crippen molar-refractivity contribution in [2.75, 3.05) is 14.1 Å². The van der Waals surface area contributed by atoms with E-state index in [0.717, 1.165) is 0 Å². The van der Waals surface area contributed by atoms with Crippen molar-refractivity contribution in [1.29, 1.82) is 0 Å². The lowest BCUT2D eigenvalue weighted by Gasteiger charge is -2.32. The molecule has 0 aliphatic rings. The van der Waals surface area contributed by atoms with Gasteiger partial charge in [-0.25, -0.2) is 4.39 Å². The first-order valence-corrected chi connectivity index (χ1v) is 7.42. The highest BCUT2D eigenvalue weighted by Crippen LogP contribution is 2.50. The topological polar surface area (TPSA) is 66.4 Å². The van der Waals surface area contributed by atoms with Crippen molar-refractivity contribution < 1.29 is 43.7 Å². The molecule has 1 atom stereocenters. The first-order chi connectivity index (χ1) is 9.65. The van der Waals surface area contributed by atoms with Crippen molar-refractivity contribution in [1.82, 2.24) is 5.32 Å². The van der Waals surface area contributed by atoms with Crippen LogP contribution in [0.5, 0.6) is 0 Å². The van der Waals surface area contributed by atoms with E-state index in [2.05, 4.69) is 5.32 Å². The normalized spacial score (nSPS) is 15.0. The summed E-state index contributed by atoms with van der Waals surface area (Å²) in [6.07, 6.45) is -4.98. The van der Waals surface area contributed by atoms with Crippen LogP contribution in [0.3, 0.4) is 0 Å². The summed E-state index contributed by atoms with van der Waals surface area (Å²) < 4.78 is 118. The molecule has 0 aliphatic carbocycles. The fourth-order valence-corrected chi connectivity index (χ4v) is 1.58. The number of hydrogen-bond acceptors (Lipinski definition) is 3. The maximum Gasteiger partial charge on any atom is 0.438 e. The first kappa shape index (κ1) is 23.6. The molecule has 0 heterocycles. The Morgan fingerprint density at radius 2 is 1.45 bits per heavy atom. The van der Waals surface area contributed by atoms with Crippen LogP contribution < -0.4 is 5.32 Å². The Kier molecular flexibility index (Phi) is 8.91. The van der Waals surface area contributed by atoms with Crippen LogP contribution in [0.2, 0.25) is 0 Å². The average Bonchev–Trinajstić information content (AvgIpc) is 2.34. The van der Waals surface area contributed by atoms with E-state index in [1.165, 1.54) is 6.92 Å². The van der Waals surface area contributed by atoms with Crippen molar-refractivity contribution in [3.63, 3.8) is 0 Å². The summed E-state index contributed by atoms with van der Waals surface area (Å²) in [4.78, 5) is 0. The van der Waals surface area contributed by atoms with Gasteiger partial charge >= 0.3 is 27.2 Å². The van der Waals surface area contributed by atoms with Gasteiger partial charge in [-0.05, 0) is 20.5 Å². The summed E-state index contributed by atoms with van der Waals surface area (Å²) in [5.41, 5.74) is 0. The van der Waals surface area contributed by atoms with E-state index in [9.17, 15) is 39.2 Å². The van der Waals surface area contributed by atoms with Gasteiger partial charge in [0.05, 0.1) is 0 Å². The Labute approximate surface area is 123 Å². The van der Waals surface area contributed by atoms with E-state index in [1.807, 2.05) is 14.1 Å². The second-order valence-electron chi connectivity index (χ2n) is 4.30. The zero-order chi connectivity index (χ0) is 18.4. The van der Waals surface area contributed by atoms with E-state index in [4.69, 9.17) is 4.55 Å². The number of alkyl halides is 7. The third-order valence-corrected chi connectivity index (χ3v) is 3.22. The predicted octanol–water partition coefficient (Wildman–Crippen LogP) is 3.10. The van der Waals surface area contributed by atoms with Crippen LogP contribution in [0.25, 0.3) is 0 Å². The molecule has 0 saturated heterocycles. The molecule has 136 valence electrons. The molecule has 0 rings (SSSR count). The molecule has 0 aromatic carbocycles. The standard InChI is InChI=1S/C8H11F7O3S.C2H7N/c1-2-3-4-5(9)6(10,11)7(12,13)8(14,15)19(16,17)18;1-3-2/h5H,2-4H2,1H3,(H,16,17,18);3H,1-2H3. The van der Waals surface area contributed by atoms with E-state index in [1.54, 1.807) is 0 Å². The van der Waals surface area contributed by atoms with E-state index in [0.29, 0.717) is 0 Å². The molecule has 12 heteroatoms. The molecule has 0 spiro atoms.